The lowest BCUT2D eigenvalue weighted by atomic mass is 9.92. The minimum atomic E-state index is 0.781. The van der Waals surface area contributed by atoms with Gasteiger partial charge in [-0.25, -0.2) is 0 Å². The maximum absolute atomic E-state index is 6.57. The smallest absolute Gasteiger partial charge is 0.178 e. The zero-order chi connectivity index (χ0) is 39.3. The van der Waals surface area contributed by atoms with Crippen molar-refractivity contribution in [2.45, 2.75) is 0 Å². The standard InChI is InChI=1S/C58H34O2/c1-2-8-38-29-39(18-15-35(38)7-1)40-19-20-42-31-43(22-21-41(42)30-40)45-24-28-56-54(33-45)51-26-25-50-53-32-44(23-27-55(53)59-57(50)58(51)60-56)36-13-16-37(17-14-36)52-34-46-9-3-4-10-47(46)48-11-5-6-12-49(48)52/h1-34H. The summed E-state index contributed by atoms with van der Waals surface area (Å²) in [7, 11) is 0. The van der Waals surface area contributed by atoms with Crippen LogP contribution < -0.4 is 0 Å². The lowest BCUT2D eigenvalue weighted by Gasteiger charge is -2.12. The summed E-state index contributed by atoms with van der Waals surface area (Å²) in [4.78, 5) is 0. The van der Waals surface area contributed by atoms with Crippen LogP contribution in [0.25, 0.3) is 131 Å². The average molecular weight is 763 g/mol. The highest BCUT2D eigenvalue weighted by atomic mass is 16.4. The van der Waals surface area contributed by atoms with E-state index in [1.807, 2.05) is 0 Å². The molecule has 60 heavy (non-hydrogen) atoms. The van der Waals surface area contributed by atoms with Gasteiger partial charge in [-0.15, -0.1) is 0 Å². The fraction of sp³-hybridized carbons (Fsp3) is 0. The molecule has 2 nitrogen and oxygen atoms in total. The van der Waals surface area contributed by atoms with Crippen LogP contribution in [0.4, 0.5) is 0 Å². The number of benzene rings is 11. The summed E-state index contributed by atoms with van der Waals surface area (Å²) in [6, 6.07) is 74.7. The lowest BCUT2D eigenvalue weighted by Crippen LogP contribution is -1.85. The molecule has 0 saturated carbocycles. The monoisotopic (exact) mass is 762 g/mol. The van der Waals surface area contributed by atoms with Crippen molar-refractivity contribution < 1.29 is 8.83 Å². The highest BCUT2D eigenvalue weighted by Crippen LogP contribution is 2.42. The molecule has 0 aliphatic carbocycles. The van der Waals surface area contributed by atoms with E-state index in [1.165, 1.54) is 70.9 Å². The van der Waals surface area contributed by atoms with Gasteiger partial charge >= 0.3 is 0 Å². The second-order valence-corrected chi connectivity index (χ2v) is 16.1. The van der Waals surface area contributed by atoms with Crippen molar-refractivity contribution in [1.29, 1.82) is 0 Å². The Morgan fingerprint density at radius 2 is 0.633 bits per heavy atom. The summed E-state index contributed by atoms with van der Waals surface area (Å²) >= 11 is 0. The Hall–Kier alpha value is -7.94. The Labute approximate surface area is 345 Å². The van der Waals surface area contributed by atoms with E-state index in [2.05, 4.69) is 206 Å². The van der Waals surface area contributed by atoms with Gasteiger partial charge in [0, 0.05) is 21.5 Å². The first kappa shape index (κ1) is 33.1. The van der Waals surface area contributed by atoms with Crippen LogP contribution in [-0.4, -0.2) is 0 Å². The maximum Gasteiger partial charge on any atom is 0.178 e. The maximum atomic E-state index is 6.57. The molecule has 0 N–H and O–H groups in total. The van der Waals surface area contributed by atoms with E-state index in [0.29, 0.717) is 0 Å². The first-order valence-electron chi connectivity index (χ1n) is 20.5. The van der Waals surface area contributed by atoms with Crippen molar-refractivity contribution >= 4 is 87.0 Å². The molecule has 0 atom stereocenters. The first-order chi connectivity index (χ1) is 29.7. The van der Waals surface area contributed by atoms with Crippen LogP contribution in [0.5, 0.6) is 0 Å². The van der Waals surface area contributed by atoms with E-state index in [-0.39, 0.29) is 0 Å². The molecule has 0 amide bonds. The summed E-state index contributed by atoms with van der Waals surface area (Å²) < 4.78 is 13.1. The fourth-order valence-electron chi connectivity index (χ4n) is 9.54. The molecule has 0 saturated heterocycles. The number of furan rings is 2. The highest BCUT2D eigenvalue weighted by molar-refractivity contribution is 6.20. The molecule has 2 heteroatoms. The van der Waals surface area contributed by atoms with Crippen LogP contribution in [0.2, 0.25) is 0 Å². The van der Waals surface area contributed by atoms with Gasteiger partial charge in [-0.1, -0.05) is 146 Å². The number of fused-ring (bicyclic) bond motifs is 12. The van der Waals surface area contributed by atoms with Crippen LogP contribution in [0.1, 0.15) is 0 Å². The van der Waals surface area contributed by atoms with Crippen molar-refractivity contribution in [2.24, 2.45) is 0 Å². The quantitative estimate of drug-likeness (QED) is 0.167. The zero-order valence-electron chi connectivity index (χ0n) is 32.4. The molecule has 278 valence electrons. The molecule has 0 aliphatic heterocycles. The Balaban J connectivity index is 0.835. The average Bonchev–Trinajstić information content (AvgIpc) is 3.89. The van der Waals surface area contributed by atoms with Crippen LogP contribution in [0.15, 0.2) is 215 Å². The fourth-order valence-corrected chi connectivity index (χ4v) is 9.54. The van der Waals surface area contributed by atoms with Gasteiger partial charge < -0.3 is 8.83 Å². The molecule has 0 spiro atoms. The first-order valence-corrected chi connectivity index (χ1v) is 20.5. The Kier molecular flexibility index (Phi) is 7.05. The number of rotatable bonds is 4. The SMILES string of the molecule is c1ccc2cc(-c3ccc4cc(-c5ccc6oc7c(ccc8c9cc(-c%10ccc(-c%11cc%12ccccc%12c%12ccccc%11%12)cc%10)ccc9oc87)c6c5)ccc4c3)ccc2c1. The van der Waals surface area contributed by atoms with Gasteiger partial charge in [0.15, 0.2) is 11.2 Å². The van der Waals surface area contributed by atoms with Gasteiger partial charge in [0.25, 0.3) is 0 Å². The predicted molar refractivity (Wildman–Crippen MR) is 253 cm³/mol. The van der Waals surface area contributed by atoms with Crippen LogP contribution in [0.3, 0.4) is 0 Å². The van der Waals surface area contributed by atoms with Crippen LogP contribution in [0, 0.1) is 0 Å². The minimum Gasteiger partial charge on any atom is -0.452 e. The van der Waals surface area contributed by atoms with Gasteiger partial charge in [-0.05, 0) is 148 Å². The summed E-state index contributed by atoms with van der Waals surface area (Å²) in [5.74, 6) is 0. The Bertz CT molecular complexity index is 3880. The van der Waals surface area contributed by atoms with Crippen molar-refractivity contribution in [3.05, 3.63) is 206 Å². The topological polar surface area (TPSA) is 26.3 Å². The van der Waals surface area contributed by atoms with E-state index in [1.54, 1.807) is 0 Å². The largest absolute Gasteiger partial charge is 0.452 e. The summed E-state index contributed by atoms with van der Waals surface area (Å²) in [6.07, 6.45) is 0. The lowest BCUT2D eigenvalue weighted by molar-refractivity contribution is 0.633. The van der Waals surface area contributed by atoms with Gasteiger partial charge in [0.1, 0.15) is 11.2 Å². The predicted octanol–water partition coefficient (Wildman–Crippen LogP) is 16.8. The number of hydrogen-bond acceptors (Lipinski definition) is 2. The van der Waals surface area contributed by atoms with E-state index >= 15 is 0 Å². The normalized spacial score (nSPS) is 12.0. The zero-order valence-corrected chi connectivity index (χ0v) is 32.4. The van der Waals surface area contributed by atoms with Gasteiger partial charge in [-0.2, -0.15) is 0 Å². The van der Waals surface area contributed by atoms with E-state index in [9.17, 15) is 0 Å². The van der Waals surface area contributed by atoms with Gasteiger partial charge in [0.05, 0.1) is 0 Å². The third kappa shape index (κ3) is 5.14. The number of hydrogen-bond donors (Lipinski definition) is 0. The van der Waals surface area contributed by atoms with Gasteiger partial charge in [0.2, 0.25) is 0 Å². The molecule has 0 bridgehead atoms. The molecular formula is C58H34O2. The van der Waals surface area contributed by atoms with Crippen molar-refractivity contribution in [1.82, 2.24) is 0 Å². The second-order valence-electron chi connectivity index (χ2n) is 16.1. The molecule has 11 aromatic carbocycles. The van der Waals surface area contributed by atoms with Crippen molar-refractivity contribution in [3.8, 4) is 44.5 Å². The summed E-state index contributed by atoms with van der Waals surface area (Å²) in [6.45, 7) is 0. The van der Waals surface area contributed by atoms with Crippen molar-refractivity contribution in [3.63, 3.8) is 0 Å². The van der Waals surface area contributed by atoms with Crippen LogP contribution >= 0.6 is 0 Å². The molecule has 0 aliphatic rings. The van der Waals surface area contributed by atoms with E-state index in [0.717, 1.165) is 60.6 Å². The molecular weight excluding hydrogens is 729 g/mol. The molecule has 2 aromatic heterocycles. The van der Waals surface area contributed by atoms with E-state index < -0.39 is 0 Å². The molecule has 13 rings (SSSR count). The van der Waals surface area contributed by atoms with E-state index in [4.69, 9.17) is 8.83 Å². The highest BCUT2D eigenvalue weighted by Gasteiger charge is 2.18. The van der Waals surface area contributed by atoms with Crippen molar-refractivity contribution in [2.75, 3.05) is 0 Å². The molecule has 2 heterocycles. The second kappa shape index (κ2) is 12.8. The molecule has 0 fully saturated rings. The van der Waals surface area contributed by atoms with Crippen LogP contribution in [-0.2, 0) is 0 Å². The third-order valence-corrected chi connectivity index (χ3v) is 12.6. The Morgan fingerprint density at radius 1 is 0.217 bits per heavy atom. The molecule has 13 aromatic rings. The molecule has 0 radical (unpaired) electrons. The Morgan fingerprint density at radius 3 is 1.25 bits per heavy atom. The minimum absolute atomic E-state index is 0.781. The van der Waals surface area contributed by atoms with Gasteiger partial charge in [-0.3, -0.25) is 0 Å². The third-order valence-electron chi connectivity index (χ3n) is 12.6. The summed E-state index contributed by atoms with van der Waals surface area (Å²) in [5, 5.41) is 14.3. The summed E-state index contributed by atoms with van der Waals surface area (Å²) in [5.41, 5.74) is 12.8. The molecule has 0 unspecified atom stereocenters.